The lowest BCUT2D eigenvalue weighted by Crippen LogP contribution is -2.60. The van der Waals surface area contributed by atoms with Crippen molar-refractivity contribution in [1.82, 2.24) is 20.1 Å². The number of allylic oxidation sites excluding steroid dienone is 1. The molecule has 0 aliphatic carbocycles. The first-order chi connectivity index (χ1) is 17.7. The molecule has 1 fully saturated rings. The van der Waals surface area contributed by atoms with Gasteiger partial charge in [-0.2, -0.15) is 0 Å². The number of dihydropyridines is 1. The van der Waals surface area contributed by atoms with E-state index < -0.39 is 6.23 Å². The van der Waals surface area contributed by atoms with Crippen LogP contribution in [0.5, 0.6) is 0 Å². The van der Waals surface area contributed by atoms with E-state index in [0.29, 0.717) is 24.6 Å². The Labute approximate surface area is 215 Å². The van der Waals surface area contributed by atoms with Gasteiger partial charge in [0.1, 0.15) is 6.23 Å². The van der Waals surface area contributed by atoms with E-state index in [-0.39, 0.29) is 23.9 Å². The largest absolute Gasteiger partial charge is 0.378 e. The molecule has 0 radical (unpaired) electrons. The number of thiazole rings is 1. The summed E-state index contributed by atoms with van der Waals surface area (Å²) in [5, 5.41) is 16.6. The molecule has 1 saturated heterocycles. The molecular formula is C28H31N5O2S. The van der Waals surface area contributed by atoms with Crippen LogP contribution in [0.2, 0.25) is 0 Å². The normalized spacial score (nSPS) is 21.5. The van der Waals surface area contributed by atoms with E-state index in [1.807, 2.05) is 24.3 Å². The van der Waals surface area contributed by atoms with Crippen LogP contribution in [-0.2, 0) is 0 Å². The molecule has 2 aliphatic rings. The Morgan fingerprint density at radius 1 is 1.08 bits per heavy atom. The van der Waals surface area contributed by atoms with Crippen molar-refractivity contribution in [3.8, 4) is 0 Å². The topological polar surface area (TPSA) is 81.1 Å². The number of piperazine rings is 1. The van der Waals surface area contributed by atoms with Crippen molar-refractivity contribution in [3.05, 3.63) is 101 Å². The molecule has 2 aromatic carbocycles. The zero-order valence-corrected chi connectivity index (χ0v) is 20.9. The second-order valence-corrected chi connectivity index (χ2v) is 10.0. The van der Waals surface area contributed by atoms with Crippen molar-refractivity contribution in [2.24, 2.45) is 10.9 Å². The number of benzene rings is 2. The molecule has 2 N–H and O–H groups in total. The fourth-order valence-corrected chi connectivity index (χ4v) is 5.64. The molecule has 3 atom stereocenters. The first-order valence-corrected chi connectivity index (χ1v) is 13.2. The third kappa shape index (κ3) is 5.63. The molecule has 0 saturated carbocycles. The summed E-state index contributed by atoms with van der Waals surface area (Å²) in [6.07, 6.45) is 6.73. The van der Waals surface area contributed by atoms with E-state index in [4.69, 9.17) is 0 Å². The van der Waals surface area contributed by atoms with Crippen molar-refractivity contribution in [2.45, 2.75) is 18.3 Å². The maximum Gasteiger partial charge on any atom is 0.280 e. The van der Waals surface area contributed by atoms with Crippen LogP contribution in [0, 0.1) is 5.92 Å². The molecule has 3 aromatic rings. The van der Waals surface area contributed by atoms with Gasteiger partial charge in [0.2, 0.25) is 0 Å². The Morgan fingerprint density at radius 2 is 1.81 bits per heavy atom. The van der Waals surface area contributed by atoms with Gasteiger partial charge in [0.05, 0.1) is 6.04 Å². The highest BCUT2D eigenvalue weighted by Gasteiger charge is 2.37. The monoisotopic (exact) mass is 501 g/mol. The number of carbonyl (C=O) groups is 1. The zero-order chi connectivity index (χ0) is 24.7. The maximum absolute atomic E-state index is 12.8. The standard InChI is InChI=1S/C28H31N5O2S/c34-26(27-30-14-17-36-27)31-19-24-20-32(28(35)23-12-7-13-29-18-23)15-16-33(24)25(21-8-3-1-4-9-21)22-10-5-2-6-11-22/h1-14,17,23-25,28,35H,15-16,18-20H2,(H,31,34). The molecule has 3 unspecified atom stereocenters. The van der Waals surface area contributed by atoms with Crippen LogP contribution in [-0.4, -0.2) is 77.0 Å². The summed E-state index contributed by atoms with van der Waals surface area (Å²) >= 11 is 1.33. The molecule has 3 heterocycles. The van der Waals surface area contributed by atoms with Crippen molar-refractivity contribution < 1.29 is 9.90 Å². The van der Waals surface area contributed by atoms with Crippen molar-refractivity contribution in [2.75, 3.05) is 32.7 Å². The van der Waals surface area contributed by atoms with Gasteiger partial charge < -0.3 is 10.4 Å². The van der Waals surface area contributed by atoms with Gasteiger partial charge in [-0.3, -0.25) is 19.6 Å². The quantitative estimate of drug-likeness (QED) is 0.495. The summed E-state index contributed by atoms with van der Waals surface area (Å²) in [4.78, 5) is 25.8. The van der Waals surface area contributed by atoms with Crippen LogP contribution in [0.1, 0.15) is 27.0 Å². The van der Waals surface area contributed by atoms with Gasteiger partial charge in [-0.1, -0.05) is 66.7 Å². The molecule has 1 amide bonds. The number of nitrogens with zero attached hydrogens (tertiary/aromatic N) is 4. The van der Waals surface area contributed by atoms with Gasteiger partial charge in [0.15, 0.2) is 5.01 Å². The van der Waals surface area contributed by atoms with E-state index in [2.05, 4.69) is 73.6 Å². The number of aliphatic hydroxyl groups is 1. The number of hydrogen-bond acceptors (Lipinski definition) is 7. The van der Waals surface area contributed by atoms with Gasteiger partial charge >= 0.3 is 0 Å². The molecule has 36 heavy (non-hydrogen) atoms. The Bertz CT molecular complexity index is 1130. The molecular weight excluding hydrogens is 470 g/mol. The van der Waals surface area contributed by atoms with Gasteiger partial charge in [-0.05, 0) is 17.2 Å². The minimum Gasteiger partial charge on any atom is -0.378 e. The van der Waals surface area contributed by atoms with Gasteiger partial charge in [0, 0.05) is 62.5 Å². The number of rotatable bonds is 8. The first kappa shape index (κ1) is 24.5. The lowest BCUT2D eigenvalue weighted by molar-refractivity contribution is -0.0691. The van der Waals surface area contributed by atoms with Crippen LogP contribution in [0.4, 0.5) is 0 Å². The fraction of sp³-hybridized carbons (Fsp3) is 0.321. The van der Waals surface area contributed by atoms with Crippen molar-refractivity contribution >= 4 is 23.5 Å². The summed E-state index contributed by atoms with van der Waals surface area (Å²) in [7, 11) is 0. The number of aliphatic imine (C=N–C) groups is 1. The number of carbonyl (C=O) groups excluding carboxylic acids is 1. The van der Waals surface area contributed by atoms with E-state index in [9.17, 15) is 9.90 Å². The number of aliphatic hydroxyl groups excluding tert-OH is 1. The Balaban J connectivity index is 1.41. The highest BCUT2D eigenvalue weighted by Crippen LogP contribution is 2.32. The molecule has 186 valence electrons. The molecule has 2 aliphatic heterocycles. The van der Waals surface area contributed by atoms with E-state index >= 15 is 0 Å². The number of nitrogens with one attached hydrogen (secondary N) is 1. The van der Waals surface area contributed by atoms with Crippen molar-refractivity contribution in [3.63, 3.8) is 0 Å². The van der Waals surface area contributed by atoms with Crippen LogP contribution in [0.15, 0.2) is 89.4 Å². The van der Waals surface area contributed by atoms with Crippen molar-refractivity contribution in [1.29, 1.82) is 0 Å². The molecule has 0 bridgehead atoms. The Hall–Kier alpha value is -3.17. The summed E-state index contributed by atoms with van der Waals surface area (Å²) in [6, 6.07) is 21.0. The van der Waals surface area contributed by atoms with E-state index in [1.165, 1.54) is 22.5 Å². The third-order valence-corrected chi connectivity index (χ3v) is 7.64. The van der Waals surface area contributed by atoms with Crippen LogP contribution < -0.4 is 5.32 Å². The molecule has 7 nitrogen and oxygen atoms in total. The minimum absolute atomic E-state index is 0.0150. The van der Waals surface area contributed by atoms with Gasteiger partial charge in [0.25, 0.3) is 5.91 Å². The number of amides is 1. The Morgan fingerprint density at radius 3 is 2.42 bits per heavy atom. The van der Waals surface area contributed by atoms with Crippen LogP contribution >= 0.6 is 11.3 Å². The predicted octanol–water partition coefficient (Wildman–Crippen LogP) is 3.22. The fourth-order valence-electron chi connectivity index (χ4n) is 5.08. The lowest BCUT2D eigenvalue weighted by Gasteiger charge is -2.47. The maximum atomic E-state index is 12.8. The predicted molar refractivity (Wildman–Crippen MR) is 143 cm³/mol. The zero-order valence-electron chi connectivity index (χ0n) is 20.1. The summed E-state index contributed by atoms with van der Waals surface area (Å²) in [5.41, 5.74) is 2.41. The van der Waals surface area contributed by atoms with Crippen LogP contribution in [0.25, 0.3) is 0 Å². The molecule has 0 spiro atoms. The Kier molecular flexibility index (Phi) is 7.98. The first-order valence-electron chi connectivity index (χ1n) is 12.3. The van der Waals surface area contributed by atoms with Crippen LogP contribution in [0.3, 0.4) is 0 Å². The molecule has 8 heteroatoms. The van der Waals surface area contributed by atoms with Gasteiger partial charge in [-0.15, -0.1) is 11.3 Å². The summed E-state index contributed by atoms with van der Waals surface area (Å²) < 4.78 is 0. The number of aromatic nitrogens is 1. The second-order valence-electron chi connectivity index (χ2n) is 9.13. The van der Waals surface area contributed by atoms with Gasteiger partial charge in [-0.25, -0.2) is 4.98 Å². The minimum atomic E-state index is -0.620. The lowest BCUT2D eigenvalue weighted by atomic mass is 9.94. The van der Waals surface area contributed by atoms with E-state index in [0.717, 1.165) is 13.1 Å². The smallest absolute Gasteiger partial charge is 0.280 e. The highest BCUT2D eigenvalue weighted by molar-refractivity contribution is 7.11. The highest BCUT2D eigenvalue weighted by atomic mass is 32.1. The average Bonchev–Trinajstić information content (AvgIpc) is 3.49. The molecule has 5 rings (SSSR count). The average molecular weight is 502 g/mol. The molecule has 1 aromatic heterocycles. The summed E-state index contributed by atoms with van der Waals surface area (Å²) in [6.45, 7) is 3.14. The SMILES string of the molecule is O=C(NCC1CN(C(O)C2C=CC=NC2)CCN1C(c1ccccc1)c1ccccc1)c1nccs1. The second kappa shape index (κ2) is 11.7. The van der Waals surface area contributed by atoms with E-state index in [1.54, 1.807) is 17.8 Å². The summed E-state index contributed by atoms with van der Waals surface area (Å²) in [5.74, 6) is -0.200. The third-order valence-electron chi connectivity index (χ3n) is 6.87. The number of hydrogen-bond donors (Lipinski definition) is 2.